The SMILES string of the molecule is Cc1c(N(C)CCOC(C)C)cc(N)cc1S(N)(=O)=O. The number of hydrogen-bond acceptors (Lipinski definition) is 5. The van der Waals surface area contributed by atoms with Crippen LogP contribution in [0.3, 0.4) is 0 Å². The molecule has 0 aromatic heterocycles. The quantitative estimate of drug-likeness (QED) is 0.766. The minimum Gasteiger partial charge on any atom is -0.399 e. The Balaban J connectivity index is 3.03. The van der Waals surface area contributed by atoms with Crippen LogP contribution in [0.2, 0.25) is 0 Å². The first kappa shape index (κ1) is 16.7. The standard InChI is InChI=1S/C13H23N3O3S/c1-9(2)19-6-5-16(4)12-7-11(14)8-13(10(12)3)20(15,17)18/h7-9H,5-6,14H2,1-4H3,(H2,15,17,18). The van der Waals surface area contributed by atoms with Gasteiger partial charge in [-0.3, -0.25) is 0 Å². The van der Waals surface area contributed by atoms with E-state index in [1.54, 1.807) is 13.0 Å². The maximum Gasteiger partial charge on any atom is 0.238 e. The monoisotopic (exact) mass is 301 g/mol. The Kier molecular flexibility index (Phi) is 5.38. The molecule has 4 N–H and O–H groups in total. The van der Waals surface area contributed by atoms with Crippen LogP contribution in [0.25, 0.3) is 0 Å². The van der Waals surface area contributed by atoms with Gasteiger partial charge in [0.2, 0.25) is 10.0 Å². The van der Waals surface area contributed by atoms with Crippen molar-refractivity contribution in [3.8, 4) is 0 Å². The normalized spacial score (nSPS) is 11.9. The van der Waals surface area contributed by atoms with Crippen LogP contribution in [0.5, 0.6) is 0 Å². The largest absolute Gasteiger partial charge is 0.399 e. The topological polar surface area (TPSA) is 98.7 Å². The number of rotatable bonds is 6. The van der Waals surface area contributed by atoms with Crippen molar-refractivity contribution in [2.75, 3.05) is 30.8 Å². The summed E-state index contributed by atoms with van der Waals surface area (Å²) < 4.78 is 28.6. The fraction of sp³-hybridized carbons (Fsp3) is 0.538. The number of likely N-dealkylation sites (N-methyl/N-ethyl adjacent to an activating group) is 1. The number of anilines is 2. The highest BCUT2D eigenvalue weighted by Gasteiger charge is 2.17. The second-order valence-electron chi connectivity index (χ2n) is 5.05. The Morgan fingerprint density at radius 2 is 1.95 bits per heavy atom. The number of nitrogens with two attached hydrogens (primary N) is 2. The van der Waals surface area contributed by atoms with Gasteiger partial charge in [-0.15, -0.1) is 0 Å². The molecule has 0 saturated carbocycles. The number of ether oxygens (including phenoxy) is 1. The van der Waals surface area contributed by atoms with Crippen LogP contribution in [-0.4, -0.2) is 34.7 Å². The Bertz CT molecular complexity index is 570. The fourth-order valence-corrected chi connectivity index (χ4v) is 2.76. The van der Waals surface area contributed by atoms with Crippen molar-refractivity contribution in [1.29, 1.82) is 0 Å². The molecule has 0 radical (unpaired) electrons. The van der Waals surface area contributed by atoms with Crippen molar-refractivity contribution in [2.45, 2.75) is 31.8 Å². The lowest BCUT2D eigenvalue weighted by Crippen LogP contribution is -2.25. The number of nitrogen functional groups attached to an aromatic ring is 1. The van der Waals surface area contributed by atoms with Crippen LogP contribution in [-0.2, 0) is 14.8 Å². The highest BCUT2D eigenvalue weighted by atomic mass is 32.2. The highest BCUT2D eigenvalue weighted by molar-refractivity contribution is 7.89. The van der Waals surface area contributed by atoms with Gasteiger partial charge < -0.3 is 15.4 Å². The molecule has 0 aliphatic rings. The van der Waals surface area contributed by atoms with E-state index in [1.165, 1.54) is 6.07 Å². The van der Waals surface area contributed by atoms with Gasteiger partial charge >= 0.3 is 0 Å². The molecule has 1 aromatic carbocycles. The summed E-state index contributed by atoms with van der Waals surface area (Å²) in [6.45, 7) is 6.82. The molecule has 6 nitrogen and oxygen atoms in total. The lowest BCUT2D eigenvalue weighted by molar-refractivity contribution is 0.0846. The van der Waals surface area contributed by atoms with Crippen LogP contribution < -0.4 is 15.8 Å². The average molecular weight is 301 g/mol. The third kappa shape index (κ3) is 4.36. The third-order valence-electron chi connectivity index (χ3n) is 2.95. The van der Waals surface area contributed by atoms with Gasteiger partial charge in [0.25, 0.3) is 0 Å². The molecule has 0 spiro atoms. The number of primary sulfonamides is 1. The Morgan fingerprint density at radius 1 is 1.35 bits per heavy atom. The minimum absolute atomic E-state index is 0.0594. The summed E-state index contributed by atoms with van der Waals surface area (Å²) in [5, 5.41) is 5.21. The smallest absolute Gasteiger partial charge is 0.238 e. The van der Waals surface area contributed by atoms with E-state index < -0.39 is 10.0 Å². The molecule has 0 aliphatic carbocycles. The molecule has 0 heterocycles. The first-order valence-electron chi connectivity index (χ1n) is 6.38. The van der Waals surface area contributed by atoms with E-state index in [4.69, 9.17) is 15.6 Å². The van der Waals surface area contributed by atoms with Crippen molar-refractivity contribution in [2.24, 2.45) is 5.14 Å². The number of benzene rings is 1. The van der Waals surface area contributed by atoms with Crippen molar-refractivity contribution in [3.05, 3.63) is 17.7 Å². The van der Waals surface area contributed by atoms with Crippen molar-refractivity contribution in [1.82, 2.24) is 0 Å². The minimum atomic E-state index is -3.78. The Hall–Kier alpha value is -1.31. The maximum absolute atomic E-state index is 11.6. The molecule has 1 rings (SSSR count). The van der Waals surface area contributed by atoms with Crippen LogP contribution in [0, 0.1) is 6.92 Å². The molecular weight excluding hydrogens is 278 g/mol. The van der Waals surface area contributed by atoms with E-state index in [1.807, 2.05) is 25.8 Å². The summed E-state index contributed by atoms with van der Waals surface area (Å²) in [5.41, 5.74) is 7.46. The van der Waals surface area contributed by atoms with Crippen molar-refractivity contribution >= 4 is 21.4 Å². The summed E-state index contributed by atoms with van der Waals surface area (Å²) in [7, 11) is -1.92. The second kappa shape index (κ2) is 6.43. The maximum atomic E-state index is 11.6. The molecular formula is C13H23N3O3S. The van der Waals surface area contributed by atoms with Crippen LogP contribution in [0.4, 0.5) is 11.4 Å². The van der Waals surface area contributed by atoms with Gasteiger partial charge in [0, 0.05) is 25.0 Å². The predicted octanol–water partition coefficient (Wildman–Crippen LogP) is 1.09. The molecule has 0 fully saturated rings. The molecule has 1 aromatic rings. The average Bonchev–Trinajstić information content (AvgIpc) is 2.29. The molecule has 7 heteroatoms. The van der Waals surface area contributed by atoms with Gasteiger partial charge in [0.1, 0.15) is 0 Å². The van der Waals surface area contributed by atoms with Crippen LogP contribution in [0.1, 0.15) is 19.4 Å². The highest BCUT2D eigenvalue weighted by Crippen LogP contribution is 2.28. The molecule has 0 bridgehead atoms. The Labute approximate surface area is 120 Å². The zero-order chi connectivity index (χ0) is 15.5. The van der Waals surface area contributed by atoms with Crippen LogP contribution >= 0.6 is 0 Å². The molecule has 20 heavy (non-hydrogen) atoms. The third-order valence-corrected chi connectivity index (χ3v) is 3.99. The van der Waals surface area contributed by atoms with Gasteiger partial charge in [-0.1, -0.05) is 0 Å². The molecule has 0 saturated heterocycles. The first-order valence-corrected chi connectivity index (χ1v) is 7.93. The zero-order valence-electron chi connectivity index (χ0n) is 12.4. The van der Waals surface area contributed by atoms with Gasteiger partial charge in [0.05, 0.1) is 17.6 Å². The predicted molar refractivity (Wildman–Crippen MR) is 81.3 cm³/mol. The van der Waals surface area contributed by atoms with Crippen LogP contribution in [0.15, 0.2) is 17.0 Å². The summed E-state index contributed by atoms with van der Waals surface area (Å²) in [5.74, 6) is 0. The van der Waals surface area contributed by atoms with E-state index in [0.29, 0.717) is 24.4 Å². The van der Waals surface area contributed by atoms with Gasteiger partial charge in [-0.05, 0) is 38.5 Å². The van der Waals surface area contributed by atoms with E-state index in [2.05, 4.69) is 0 Å². The summed E-state index contributed by atoms with van der Waals surface area (Å²) in [4.78, 5) is 1.96. The molecule has 0 atom stereocenters. The summed E-state index contributed by atoms with van der Waals surface area (Å²) in [6.07, 6.45) is 0.158. The van der Waals surface area contributed by atoms with E-state index in [-0.39, 0.29) is 11.0 Å². The zero-order valence-corrected chi connectivity index (χ0v) is 13.2. The number of nitrogens with zero attached hydrogens (tertiary/aromatic N) is 1. The lowest BCUT2D eigenvalue weighted by Gasteiger charge is -2.23. The fourth-order valence-electron chi connectivity index (χ4n) is 1.93. The molecule has 114 valence electrons. The van der Waals surface area contributed by atoms with Gasteiger partial charge in [-0.25, -0.2) is 13.6 Å². The van der Waals surface area contributed by atoms with E-state index in [0.717, 1.165) is 5.69 Å². The van der Waals surface area contributed by atoms with Gasteiger partial charge in [0.15, 0.2) is 0 Å². The van der Waals surface area contributed by atoms with E-state index in [9.17, 15) is 8.42 Å². The van der Waals surface area contributed by atoms with E-state index >= 15 is 0 Å². The Morgan fingerprint density at radius 3 is 2.45 bits per heavy atom. The number of hydrogen-bond donors (Lipinski definition) is 2. The van der Waals surface area contributed by atoms with Gasteiger partial charge in [-0.2, -0.15) is 0 Å². The molecule has 0 unspecified atom stereocenters. The first-order chi connectivity index (χ1) is 9.12. The van der Waals surface area contributed by atoms with Crippen molar-refractivity contribution in [3.63, 3.8) is 0 Å². The summed E-state index contributed by atoms with van der Waals surface area (Å²) >= 11 is 0. The molecule has 0 amide bonds. The molecule has 0 aliphatic heterocycles. The number of sulfonamides is 1. The van der Waals surface area contributed by atoms with Crippen molar-refractivity contribution < 1.29 is 13.2 Å². The lowest BCUT2D eigenvalue weighted by atomic mass is 10.1. The second-order valence-corrected chi connectivity index (χ2v) is 6.58. The summed E-state index contributed by atoms with van der Waals surface area (Å²) in [6, 6.07) is 3.12.